The SMILES string of the molecule is CCc1cc(F)cc(C)c1C(=O)NC(Cc1ccc(-c2ncc(CNc3cc(C)ccn3)s2)cc1)C(=O)O. The van der Waals surface area contributed by atoms with Crippen LogP contribution in [-0.4, -0.2) is 33.0 Å². The maximum absolute atomic E-state index is 13.8. The Kier molecular flexibility index (Phi) is 8.48. The van der Waals surface area contributed by atoms with E-state index in [9.17, 15) is 19.1 Å². The molecule has 0 aliphatic rings. The summed E-state index contributed by atoms with van der Waals surface area (Å²) in [4.78, 5) is 34.8. The molecule has 2 heterocycles. The lowest BCUT2D eigenvalue weighted by Gasteiger charge is -2.17. The molecule has 0 spiro atoms. The van der Waals surface area contributed by atoms with E-state index in [4.69, 9.17) is 0 Å². The fourth-order valence-electron chi connectivity index (χ4n) is 4.20. The molecule has 0 saturated carbocycles. The Morgan fingerprint density at radius 2 is 1.84 bits per heavy atom. The van der Waals surface area contributed by atoms with Crippen molar-refractivity contribution in [2.24, 2.45) is 0 Å². The number of hydrogen-bond acceptors (Lipinski definition) is 6. The van der Waals surface area contributed by atoms with Gasteiger partial charge >= 0.3 is 5.97 Å². The van der Waals surface area contributed by atoms with E-state index in [1.807, 2.05) is 56.4 Å². The number of thiazole rings is 1. The second-order valence-electron chi connectivity index (χ2n) is 9.08. The number of halogens is 1. The van der Waals surface area contributed by atoms with Gasteiger partial charge < -0.3 is 15.7 Å². The number of benzene rings is 2. The molecule has 0 radical (unpaired) electrons. The van der Waals surface area contributed by atoms with Gasteiger partial charge in [-0.1, -0.05) is 31.2 Å². The number of anilines is 1. The van der Waals surface area contributed by atoms with Gasteiger partial charge in [0.25, 0.3) is 5.91 Å². The van der Waals surface area contributed by atoms with E-state index < -0.39 is 23.7 Å². The topological polar surface area (TPSA) is 104 Å². The summed E-state index contributed by atoms with van der Waals surface area (Å²) in [5, 5.41) is 16.5. The quantitative estimate of drug-likeness (QED) is 0.247. The van der Waals surface area contributed by atoms with E-state index in [1.165, 1.54) is 12.1 Å². The van der Waals surface area contributed by atoms with E-state index in [-0.39, 0.29) is 6.42 Å². The first-order valence-electron chi connectivity index (χ1n) is 12.3. The van der Waals surface area contributed by atoms with Crippen LogP contribution >= 0.6 is 11.3 Å². The molecule has 7 nitrogen and oxygen atoms in total. The number of pyridine rings is 1. The average Bonchev–Trinajstić information content (AvgIpc) is 3.36. The molecule has 2 aromatic heterocycles. The molecule has 1 amide bonds. The van der Waals surface area contributed by atoms with E-state index in [1.54, 1.807) is 24.5 Å². The van der Waals surface area contributed by atoms with Crippen LogP contribution in [0.4, 0.5) is 10.2 Å². The molecule has 4 aromatic rings. The van der Waals surface area contributed by atoms with E-state index in [0.29, 0.717) is 29.7 Å². The van der Waals surface area contributed by atoms with Crippen molar-refractivity contribution in [2.75, 3.05) is 5.32 Å². The molecule has 0 bridgehead atoms. The van der Waals surface area contributed by atoms with Crippen molar-refractivity contribution < 1.29 is 19.1 Å². The number of carboxylic acids is 1. The summed E-state index contributed by atoms with van der Waals surface area (Å²) < 4.78 is 13.8. The molecule has 0 fully saturated rings. The van der Waals surface area contributed by atoms with Crippen molar-refractivity contribution in [1.82, 2.24) is 15.3 Å². The van der Waals surface area contributed by atoms with Gasteiger partial charge in [-0.25, -0.2) is 19.2 Å². The molecular weight excluding hydrogens is 503 g/mol. The van der Waals surface area contributed by atoms with Gasteiger partial charge in [-0.3, -0.25) is 4.79 Å². The lowest BCUT2D eigenvalue weighted by molar-refractivity contribution is -0.139. The predicted molar refractivity (Wildman–Crippen MR) is 147 cm³/mol. The molecule has 1 unspecified atom stereocenters. The lowest BCUT2D eigenvalue weighted by atomic mass is 9.98. The van der Waals surface area contributed by atoms with Crippen molar-refractivity contribution in [3.05, 3.63) is 99.4 Å². The number of carbonyl (C=O) groups is 2. The highest BCUT2D eigenvalue weighted by atomic mass is 32.1. The highest BCUT2D eigenvalue weighted by molar-refractivity contribution is 7.15. The van der Waals surface area contributed by atoms with Crippen molar-refractivity contribution in [3.63, 3.8) is 0 Å². The van der Waals surface area contributed by atoms with Gasteiger partial charge in [-0.05, 0) is 66.8 Å². The molecule has 0 aliphatic heterocycles. The van der Waals surface area contributed by atoms with Gasteiger partial charge in [0.2, 0.25) is 0 Å². The summed E-state index contributed by atoms with van der Waals surface area (Å²) >= 11 is 1.57. The zero-order valence-corrected chi connectivity index (χ0v) is 22.2. The summed E-state index contributed by atoms with van der Waals surface area (Å²) in [6.07, 6.45) is 4.16. The number of nitrogens with zero attached hydrogens (tertiary/aromatic N) is 2. The minimum atomic E-state index is -1.14. The summed E-state index contributed by atoms with van der Waals surface area (Å²) in [7, 11) is 0. The Labute approximate surface area is 224 Å². The Morgan fingerprint density at radius 1 is 1.08 bits per heavy atom. The van der Waals surface area contributed by atoms with Crippen molar-refractivity contribution in [3.8, 4) is 10.6 Å². The van der Waals surface area contributed by atoms with Crippen molar-refractivity contribution in [1.29, 1.82) is 0 Å². The number of hydrogen-bond donors (Lipinski definition) is 3. The maximum Gasteiger partial charge on any atom is 0.326 e. The number of carbonyl (C=O) groups excluding carboxylic acids is 1. The van der Waals surface area contributed by atoms with Crippen LogP contribution in [-0.2, 0) is 24.2 Å². The van der Waals surface area contributed by atoms with Crippen molar-refractivity contribution in [2.45, 2.75) is 46.2 Å². The van der Waals surface area contributed by atoms with Gasteiger partial charge in [-0.15, -0.1) is 11.3 Å². The first-order chi connectivity index (χ1) is 18.2. The van der Waals surface area contributed by atoms with Gasteiger partial charge in [0.05, 0.1) is 6.54 Å². The Balaban J connectivity index is 1.41. The number of aromatic nitrogens is 2. The molecule has 0 saturated heterocycles. The predicted octanol–water partition coefficient (Wildman–Crippen LogP) is 5.56. The van der Waals surface area contributed by atoms with Crippen LogP contribution in [0.2, 0.25) is 0 Å². The van der Waals surface area contributed by atoms with Crippen LogP contribution in [0.25, 0.3) is 10.6 Å². The van der Waals surface area contributed by atoms with Gasteiger partial charge in [0, 0.05) is 34.8 Å². The number of aliphatic carboxylic acids is 1. The number of nitrogens with one attached hydrogen (secondary N) is 2. The zero-order chi connectivity index (χ0) is 27.2. The molecular formula is C29H29FN4O3S. The van der Waals surface area contributed by atoms with Crippen LogP contribution in [0.1, 0.15) is 44.4 Å². The third-order valence-electron chi connectivity index (χ3n) is 6.15. The maximum atomic E-state index is 13.8. The van der Waals surface area contributed by atoms with Gasteiger partial charge in [-0.2, -0.15) is 0 Å². The fraction of sp³-hybridized carbons (Fsp3) is 0.241. The van der Waals surface area contributed by atoms with E-state index in [2.05, 4.69) is 20.6 Å². The largest absolute Gasteiger partial charge is 0.480 e. The third kappa shape index (κ3) is 6.60. The first-order valence-corrected chi connectivity index (χ1v) is 13.1. The average molecular weight is 533 g/mol. The molecule has 0 aliphatic carbocycles. The van der Waals surface area contributed by atoms with Gasteiger partial charge in [0.1, 0.15) is 22.7 Å². The van der Waals surface area contributed by atoms with E-state index >= 15 is 0 Å². The lowest BCUT2D eigenvalue weighted by Crippen LogP contribution is -2.42. The number of carboxylic acid groups (broad SMARTS) is 1. The summed E-state index contributed by atoms with van der Waals surface area (Å²) in [5.41, 5.74) is 4.15. The second kappa shape index (κ2) is 12.0. The molecule has 3 N–H and O–H groups in total. The normalized spacial score (nSPS) is 11.7. The molecule has 1 atom stereocenters. The zero-order valence-electron chi connectivity index (χ0n) is 21.4. The molecule has 38 heavy (non-hydrogen) atoms. The number of amides is 1. The highest BCUT2D eigenvalue weighted by Crippen LogP contribution is 2.26. The molecule has 4 rings (SSSR count). The highest BCUT2D eigenvalue weighted by Gasteiger charge is 2.24. The summed E-state index contributed by atoms with van der Waals surface area (Å²) in [5.74, 6) is -1.27. The second-order valence-corrected chi connectivity index (χ2v) is 10.2. The van der Waals surface area contributed by atoms with Crippen LogP contribution < -0.4 is 10.6 Å². The molecule has 2 aromatic carbocycles. The number of aryl methyl sites for hydroxylation is 3. The minimum absolute atomic E-state index is 0.111. The Bertz CT molecular complexity index is 1450. The van der Waals surface area contributed by atoms with Crippen LogP contribution in [0.5, 0.6) is 0 Å². The van der Waals surface area contributed by atoms with Crippen molar-refractivity contribution >= 4 is 29.0 Å². The fourth-order valence-corrected chi connectivity index (χ4v) is 5.06. The Hall–Kier alpha value is -4.11. The number of rotatable bonds is 10. The van der Waals surface area contributed by atoms with Crippen LogP contribution in [0.3, 0.4) is 0 Å². The van der Waals surface area contributed by atoms with Crippen LogP contribution in [0.15, 0.2) is 60.9 Å². The molecule has 9 heteroatoms. The van der Waals surface area contributed by atoms with Crippen LogP contribution in [0, 0.1) is 19.7 Å². The Morgan fingerprint density at radius 3 is 2.53 bits per heavy atom. The summed E-state index contributed by atoms with van der Waals surface area (Å²) in [6, 6.07) is 12.9. The third-order valence-corrected chi connectivity index (χ3v) is 7.19. The minimum Gasteiger partial charge on any atom is -0.480 e. The standard InChI is InChI=1S/C29H29FN4O3S/c1-4-20-14-22(30)12-18(3)26(20)27(35)34-24(29(36)37)13-19-5-7-21(8-6-19)28-33-16-23(38-28)15-32-25-11-17(2)9-10-31-25/h5-12,14,16,24H,4,13,15H2,1-3H3,(H,31,32)(H,34,35)(H,36,37). The van der Waals surface area contributed by atoms with Gasteiger partial charge in [0.15, 0.2) is 0 Å². The summed E-state index contributed by atoms with van der Waals surface area (Å²) in [6.45, 7) is 6.10. The monoisotopic (exact) mass is 532 g/mol. The van der Waals surface area contributed by atoms with E-state index in [0.717, 1.165) is 32.4 Å². The smallest absolute Gasteiger partial charge is 0.326 e. The first kappa shape index (κ1) is 26.9. The molecule has 196 valence electrons.